The number of aromatic nitrogens is 2. The lowest BCUT2D eigenvalue weighted by atomic mass is 9.98. The lowest BCUT2D eigenvalue weighted by Gasteiger charge is -2.40. The van der Waals surface area contributed by atoms with Gasteiger partial charge in [0.1, 0.15) is 0 Å². The molecule has 1 aromatic heterocycles. The average Bonchev–Trinajstić information content (AvgIpc) is 3.62. The minimum absolute atomic E-state index is 0.0152. The molecule has 0 bridgehead atoms. The molecule has 310 valence electrons. The van der Waals surface area contributed by atoms with Crippen LogP contribution < -0.4 is 22.1 Å². The van der Waals surface area contributed by atoms with E-state index in [1.54, 1.807) is 18.2 Å². The van der Waals surface area contributed by atoms with E-state index in [1.165, 1.54) is 0 Å². The van der Waals surface area contributed by atoms with Crippen LogP contribution in [0.4, 0.5) is 11.4 Å². The highest BCUT2D eigenvalue weighted by Crippen LogP contribution is 2.39. The Labute approximate surface area is 349 Å². The van der Waals surface area contributed by atoms with E-state index in [0.29, 0.717) is 30.8 Å². The van der Waals surface area contributed by atoms with Gasteiger partial charge in [0, 0.05) is 57.0 Å². The van der Waals surface area contributed by atoms with Gasteiger partial charge in [0.05, 0.1) is 41.2 Å². The van der Waals surface area contributed by atoms with Crippen LogP contribution in [0.5, 0.6) is 0 Å². The number of hydrogen-bond donors (Lipinski definition) is 5. The number of aliphatic hydroxyl groups excluding tert-OH is 1. The molecule has 12 heteroatoms. The zero-order chi connectivity index (χ0) is 41.4. The van der Waals surface area contributed by atoms with Crippen LogP contribution in [0.3, 0.4) is 0 Å². The summed E-state index contributed by atoms with van der Waals surface area (Å²) >= 11 is 0. The molecule has 2 saturated heterocycles. The van der Waals surface area contributed by atoms with Crippen LogP contribution in [0.2, 0.25) is 0 Å². The number of fused-ring (bicyclic) bond motifs is 1. The molecule has 60 heavy (non-hydrogen) atoms. The lowest BCUT2D eigenvalue weighted by Crippen LogP contribution is -2.43. The maximum absolute atomic E-state index is 12.9. The number of ether oxygens (including phenoxy) is 2. The molecule has 0 radical (unpaired) electrons. The van der Waals surface area contributed by atoms with Gasteiger partial charge in [-0.05, 0) is 77.4 Å². The molecule has 0 unspecified atom stereocenters. The van der Waals surface area contributed by atoms with Crippen molar-refractivity contribution in [3.05, 3.63) is 154 Å². The Morgan fingerprint density at radius 2 is 1.52 bits per heavy atom. The molecule has 3 heterocycles. The van der Waals surface area contributed by atoms with Crippen molar-refractivity contribution in [2.24, 2.45) is 0 Å². The number of hydrogen-bond acceptors (Lipinski definition) is 8. The Hall–Kier alpha value is -6.05. The number of aliphatic hydroxyl groups is 1. The van der Waals surface area contributed by atoms with Crippen LogP contribution in [-0.4, -0.2) is 57.1 Å². The summed E-state index contributed by atoms with van der Waals surface area (Å²) in [5.41, 5.74) is 14.6. The summed E-state index contributed by atoms with van der Waals surface area (Å²) in [7, 11) is 0. The zero-order valence-electron chi connectivity index (χ0n) is 33.6. The number of piperidine rings is 1. The predicted molar refractivity (Wildman–Crippen MR) is 233 cm³/mol. The number of nitrogens with one attached hydrogen (secondary N) is 3. The second-order valence-electron chi connectivity index (χ2n) is 15.8. The molecule has 0 spiro atoms. The van der Waals surface area contributed by atoms with Gasteiger partial charge < -0.3 is 40.8 Å². The van der Waals surface area contributed by atoms with Crippen LogP contribution in [0.15, 0.2) is 126 Å². The van der Waals surface area contributed by atoms with E-state index < -0.39 is 6.29 Å². The van der Waals surface area contributed by atoms with E-state index in [1.807, 2.05) is 77.4 Å². The molecule has 12 nitrogen and oxygen atoms in total. The van der Waals surface area contributed by atoms with Crippen LogP contribution in [-0.2, 0) is 32.2 Å². The largest absolute Gasteiger partial charge is 0.397 e. The molecule has 2 amide bonds. The Bertz CT molecular complexity index is 2450. The van der Waals surface area contributed by atoms with Gasteiger partial charge in [-0.15, -0.1) is 0 Å². The Morgan fingerprint density at radius 3 is 2.30 bits per heavy atom. The van der Waals surface area contributed by atoms with E-state index in [4.69, 9.17) is 15.2 Å². The molecular weight excluding hydrogens is 757 g/mol. The van der Waals surface area contributed by atoms with Gasteiger partial charge >= 0.3 is 5.69 Å². The standard InChI is InChI=1S/C48H52N6O6/c49-40-9-1-2-10-41(40)51-46(57)14-6-13-45(56)50-29-33-7-5-8-37(27-33)34-19-21-36(22-20-34)47-59-39(28-44(60-47)35-17-15-32(31-55)16-18-35)30-53-25-23-38(24-26-53)54-43-12-4-3-11-42(43)52-48(54)58/h1-5,7-12,15-22,27,38-39,44,47,55H,6,13-14,23-26,28-31,49H2,(H,50,56)(H,51,57)(H,52,58)/t39-,44+,47+/m0/s1. The molecule has 0 aliphatic carbocycles. The summed E-state index contributed by atoms with van der Waals surface area (Å²) in [6.45, 7) is 2.83. The predicted octanol–water partition coefficient (Wildman–Crippen LogP) is 7.38. The second kappa shape index (κ2) is 18.9. The van der Waals surface area contributed by atoms with Gasteiger partial charge in [0.25, 0.3) is 0 Å². The number of nitrogens with two attached hydrogens (primary N) is 1. The summed E-state index contributed by atoms with van der Waals surface area (Å²) in [6.07, 6.45) is 2.48. The first-order valence-corrected chi connectivity index (χ1v) is 20.8. The number of imidazole rings is 1. The fourth-order valence-corrected chi connectivity index (χ4v) is 8.33. The number of nitrogens with zero attached hydrogens (tertiary/aromatic N) is 2. The van der Waals surface area contributed by atoms with Gasteiger partial charge in [0.2, 0.25) is 11.8 Å². The van der Waals surface area contributed by atoms with Gasteiger partial charge in [-0.25, -0.2) is 4.79 Å². The summed E-state index contributed by atoms with van der Waals surface area (Å²) in [5, 5.41) is 15.4. The van der Waals surface area contributed by atoms with Crippen molar-refractivity contribution in [2.45, 2.75) is 76.2 Å². The molecule has 8 rings (SSSR count). The minimum atomic E-state index is -0.577. The SMILES string of the molecule is Nc1ccccc1NC(=O)CCCC(=O)NCc1cccc(-c2ccc([C@@H]3O[C@H](CN4CCC(n5c(=O)[nH]c6ccccc65)CC4)C[C@H](c4ccc(CO)cc4)O3)cc2)c1. The minimum Gasteiger partial charge on any atom is -0.397 e. The number of benzene rings is 5. The van der Waals surface area contributed by atoms with Crippen molar-refractivity contribution in [2.75, 3.05) is 30.7 Å². The first-order valence-electron chi connectivity index (χ1n) is 20.8. The number of aromatic amines is 1. The molecular formula is C48H52N6O6. The number of anilines is 2. The molecule has 6 N–H and O–H groups in total. The number of carbonyl (C=O) groups is 2. The van der Waals surface area contributed by atoms with Gasteiger partial charge in [-0.2, -0.15) is 0 Å². The average molecular weight is 809 g/mol. The van der Waals surface area contributed by atoms with E-state index >= 15 is 0 Å². The first kappa shape index (κ1) is 40.7. The number of nitrogen functional groups attached to an aromatic ring is 1. The summed E-state index contributed by atoms with van der Waals surface area (Å²) in [5.74, 6) is -0.291. The number of amides is 2. The highest BCUT2D eigenvalue weighted by molar-refractivity contribution is 5.94. The van der Waals surface area contributed by atoms with Crippen LogP contribution in [0.1, 0.15) is 79.2 Å². The molecule has 5 aromatic carbocycles. The number of para-hydroxylation sites is 4. The highest BCUT2D eigenvalue weighted by Gasteiger charge is 2.34. The highest BCUT2D eigenvalue weighted by atomic mass is 16.7. The number of rotatable bonds is 14. The lowest BCUT2D eigenvalue weighted by molar-refractivity contribution is -0.253. The van der Waals surface area contributed by atoms with Gasteiger partial charge in [-0.3, -0.25) is 14.2 Å². The first-order chi connectivity index (χ1) is 29.3. The third-order valence-electron chi connectivity index (χ3n) is 11.6. The van der Waals surface area contributed by atoms with Crippen molar-refractivity contribution in [1.29, 1.82) is 0 Å². The smallest absolute Gasteiger partial charge is 0.326 e. The van der Waals surface area contributed by atoms with Crippen molar-refractivity contribution in [3.8, 4) is 11.1 Å². The van der Waals surface area contributed by atoms with Gasteiger partial charge in [-0.1, -0.05) is 91.0 Å². The summed E-state index contributed by atoms with van der Waals surface area (Å²) < 4.78 is 15.3. The Kier molecular flexibility index (Phi) is 12.8. The topological polar surface area (TPSA) is 164 Å². The van der Waals surface area contributed by atoms with Crippen molar-refractivity contribution < 1.29 is 24.2 Å². The van der Waals surface area contributed by atoms with E-state index in [-0.39, 0.29) is 55.2 Å². The fraction of sp³-hybridized carbons (Fsp3) is 0.312. The molecule has 2 fully saturated rings. The van der Waals surface area contributed by atoms with Crippen LogP contribution in [0.25, 0.3) is 22.2 Å². The van der Waals surface area contributed by atoms with E-state index in [0.717, 1.165) is 76.9 Å². The Morgan fingerprint density at radius 1 is 0.783 bits per heavy atom. The van der Waals surface area contributed by atoms with Crippen molar-refractivity contribution in [3.63, 3.8) is 0 Å². The van der Waals surface area contributed by atoms with Crippen molar-refractivity contribution in [1.82, 2.24) is 19.8 Å². The molecule has 3 atom stereocenters. The van der Waals surface area contributed by atoms with Crippen LogP contribution >= 0.6 is 0 Å². The second-order valence-corrected chi connectivity index (χ2v) is 15.8. The normalized spacial score (nSPS) is 18.6. The maximum atomic E-state index is 12.9. The van der Waals surface area contributed by atoms with Gasteiger partial charge in [0.15, 0.2) is 6.29 Å². The molecule has 0 saturated carbocycles. The van der Waals surface area contributed by atoms with E-state index in [9.17, 15) is 19.5 Å². The third-order valence-corrected chi connectivity index (χ3v) is 11.6. The third kappa shape index (κ3) is 9.86. The quantitative estimate of drug-likeness (QED) is 0.0712. The Balaban J connectivity index is 0.876. The van der Waals surface area contributed by atoms with Crippen LogP contribution in [0, 0.1) is 0 Å². The monoisotopic (exact) mass is 808 g/mol. The number of likely N-dealkylation sites (tertiary alicyclic amines) is 1. The number of H-pyrrole nitrogens is 1. The molecule has 2 aliphatic heterocycles. The zero-order valence-corrected chi connectivity index (χ0v) is 33.6. The number of carbonyl (C=O) groups excluding carboxylic acids is 2. The molecule has 6 aromatic rings. The fourth-order valence-electron chi connectivity index (χ4n) is 8.33. The van der Waals surface area contributed by atoms with E-state index in [2.05, 4.69) is 50.8 Å². The summed E-state index contributed by atoms with van der Waals surface area (Å²) in [6, 6.07) is 39.4. The van der Waals surface area contributed by atoms with Crippen molar-refractivity contribution >= 4 is 34.2 Å². The maximum Gasteiger partial charge on any atom is 0.326 e. The molecule has 2 aliphatic rings. The summed E-state index contributed by atoms with van der Waals surface area (Å²) in [4.78, 5) is 43.3.